The number of benzene rings is 3. The summed E-state index contributed by atoms with van der Waals surface area (Å²) in [4.78, 5) is 0. The quantitative estimate of drug-likeness (QED) is 0.421. The second-order valence-electron chi connectivity index (χ2n) is 7.21. The average molecular weight is 375 g/mol. The number of anilines is 5. The molecule has 0 radical (unpaired) electrons. The van der Waals surface area contributed by atoms with Crippen molar-refractivity contribution in [3.8, 4) is 0 Å². The van der Waals surface area contributed by atoms with Gasteiger partial charge in [-0.15, -0.1) is 0 Å². The Kier molecular flexibility index (Phi) is 7.19. The molecule has 3 aromatic rings. The SMILES string of the molecule is Nc1ccc(N)cc1.c1ccc(Nc2ccc(NC3CCCCC3)cc2)cc1. The zero-order valence-corrected chi connectivity index (χ0v) is 16.3. The van der Waals surface area contributed by atoms with Crippen LogP contribution in [-0.2, 0) is 0 Å². The lowest BCUT2D eigenvalue weighted by molar-refractivity contribution is 0.463. The van der Waals surface area contributed by atoms with Gasteiger partial charge in [0.2, 0.25) is 0 Å². The molecule has 0 spiro atoms. The highest BCUT2D eigenvalue weighted by Gasteiger charge is 2.12. The minimum absolute atomic E-state index is 0.664. The van der Waals surface area contributed by atoms with Gasteiger partial charge in [-0.3, -0.25) is 0 Å². The third kappa shape index (κ3) is 6.54. The summed E-state index contributed by atoms with van der Waals surface area (Å²) in [6.45, 7) is 0. The van der Waals surface area contributed by atoms with Crippen molar-refractivity contribution in [3.05, 3.63) is 78.9 Å². The molecular formula is C24H30N4. The van der Waals surface area contributed by atoms with Crippen molar-refractivity contribution in [2.45, 2.75) is 38.1 Å². The molecule has 0 aliphatic heterocycles. The van der Waals surface area contributed by atoms with Crippen LogP contribution in [0.5, 0.6) is 0 Å². The van der Waals surface area contributed by atoms with Crippen molar-refractivity contribution < 1.29 is 0 Å². The molecule has 1 fully saturated rings. The Balaban J connectivity index is 0.000000236. The summed E-state index contributed by atoms with van der Waals surface area (Å²) >= 11 is 0. The largest absolute Gasteiger partial charge is 0.399 e. The maximum atomic E-state index is 5.37. The maximum absolute atomic E-state index is 5.37. The zero-order chi connectivity index (χ0) is 19.6. The first-order valence-corrected chi connectivity index (χ1v) is 9.99. The Morgan fingerprint density at radius 3 is 1.64 bits per heavy atom. The van der Waals surface area contributed by atoms with Crippen LogP contribution in [0.2, 0.25) is 0 Å². The fourth-order valence-electron chi connectivity index (χ4n) is 3.32. The molecule has 0 heterocycles. The number of hydrogen-bond acceptors (Lipinski definition) is 4. The van der Waals surface area contributed by atoms with Crippen LogP contribution < -0.4 is 22.1 Å². The number of nitrogen functional groups attached to an aromatic ring is 2. The lowest BCUT2D eigenvalue weighted by atomic mass is 9.95. The van der Waals surface area contributed by atoms with E-state index in [4.69, 9.17) is 11.5 Å². The fourth-order valence-corrected chi connectivity index (χ4v) is 3.32. The van der Waals surface area contributed by atoms with E-state index in [1.165, 1.54) is 37.8 Å². The molecule has 1 aliphatic carbocycles. The minimum atomic E-state index is 0.664. The summed E-state index contributed by atoms with van der Waals surface area (Å²) < 4.78 is 0. The van der Waals surface area contributed by atoms with Crippen LogP contribution in [0.1, 0.15) is 32.1 Å². The van der Waals surface area contributed by atoms with Crippen molar-refractivity contribution in [2.24, 2.45) is 0 Å². The first-order valence-electron chi connectivity index (χ1n) is 9.99. The molecule has 6 N–H and O–H groups in total. The molecular weight excluding hydrogens is 344 g/mol. The Morgan fingerprint density at radius 2 is 1.07 bits per heavy atom. The van der Waals surface area contributed by atoms with Gasteiger partial charge in [-0.25, -0.2) is 0 Å². The predicted molar refractivity (Wildman–Crippen MR) is 122 cm³/mol. The molecule has 28 heavy (non-hydrogen) atoms. The summed E-state index contributed by atoms with van der Waals surface area (Å²) in [6, 6.07) is 26.6. The fraction of sp³-hybridized carbons (Fsp3) is 0.250. The second-order valence-corrected chi connectivity index (χ2v) is 7.21. The standard InChI is InChI=1S/C18H22N2.C6H8N2/c1-3-7-15(8-4-1)19-17-11-13-18(14-12-17)20-16-9-5-2-6-10-16;7-5-1-2-6(8)4-3-5/h1,3-4,7-8,11-14,16,19-20H,2,5-6,9-10H2;1-4H,7-8H2. The van der Waals surface area contributed by atoms with Crippen LogP contribution in [0.4, 0.5) is 28.4 Å². The van der Waals surface area contributed by atoms with Gasteiger partial charge in [0.05, 0.1) is 0 Å². The van der Waals surface area contributed by atoms with Gasteiger partial charge >= 0.3 is 0 Å². The van der Waals surface area contributed by atoms with Gasteiger partial charge in [-0.1, -0.05) is 37.5 Å². The smallest absolute Gasteiger partial charge is 0.0385 e. The summed E-state index contributed by atoms with van der Waals surface area (Å²) in [6.07, 6.45) is 6.75. The van der Waals surface area contributed by atoms with Gasteiger partial charge in [0.15, 0.2) is 0 Å². The number of nitrogens with two attached hydrogens (primary N) is 2. The molecule has 0 unspecified atom stereocenters. The molecule has 4 heteroatoms. The van der Waals surface area contributed by atoms with Crippen LogP contribution in [0.3, 0.4) is 0 Å². The maximum Gasteiger partial charge on any atom is 0.0385 e. The number of para-hydroxylation sites is 1. The molecule has 0 amide bonds. The van der Waals surface area contributed by atoms with Crippen LogP contribution in [0.25, 0.3) is 0 Å². The van der Waals surface area contributed by atoms with E-state index >= 15 is 0 Å². The molecule has 3 aromatic carbocycles. The Morgan fingerprint density at radius 1 is 0.571 bits per heavy atom. The van der Waals surface area contributed by atoms with Crippen LogP contribution >= 0.6 is 0 Å². The Hall–Kier alpha value is -3.14. The number of nitrogens with one attached hydrogen (secondary N) is 2. The molecule has 0 atom stereocenters. The van der Waals surface area contributed by atoms with E-state index in [0.29, 0.717) is 6.04 Å². The van der Waals surface area contributed by atoms with E-state index in [9.17, 15) is 0 Å². The first-order chi connectivity index (χ1) is 13.7. The minimum Gasteiger partial charge on any atom is -0.399 e. The molecule has 4 rings (SSSR count). The summed E-state index contributed by atoms with van der Waals surface area (Å²) in [7, 11) is 0. The number of hydrogen-bond donors (Lipinski definition) is 4. The summed E-state index contributed by atoms with van der Waals surface area (Å²) in [5, 5.41) is 7.05. The van der Waals surface area contributed by atoms with Crippen molar-refractivity contribution >= 4 is 28.4 Å². The first kappa shape index (κ1) is 19.6. The van der Waals surface area contributed by atoms with Crippen molar-refractivity contribution in [2.75, 3.05) is 22.1 Å². The molecule has 0 bridgehead atoms. The van der Waals surface area contributed by atoms with Crippen LogP contribution in [0.15, 0.2) is 78.9 Å². The summed E-state index contributed by atoms with van der Waals surface area (Å²) in [5.41, 5.74) is 15.7. The lowest BCUT2D eigenvalue weighted by Crippen LogP contribution is -2.22. The van der Waals surface area contributed by atoms with Gasteiger partial charge < -0.3 is 22.1 Å². The highest BCUT2D eigenvalue weighted by atomic mass is 14.9. The van der Waals surface area contributed by atoms with Crippen molar-refractivity contribution in [1.29, 1.82) is 0 Å². The van der Waals surface area contributed by atoms with E-state index in [-0.39, 0.29) is 0 Å². The van der Waals surface area contributed by atoms with Crippen LogP contribution in [-0.4, -0.2) is 6.04 Å². The zero-order valence-electron chi connectivity index (χ0n) is 16.3. The third-order valence-corrected chi connectivity index (χ3v) is 4.86. The highest BCUT2D eigenvalue weighted by Crippen LogP contribution is 2.23. The number of rotatable bonds is 4. The van der Waals surface area contributed by atoms with Gasteiger partial charge in [-0.05, 0) is 73.5 Å². The average Bonchev–Trinajstić information content (AvgIpc) is 2.74. The lowest BCUT2D eigenvalue weighted by Gasteiger charge is -2.24. The Labute approximate surface area is 168 Å². The van der Waals surface area contributed by atoms with E-state index < -0.39 is 0 Å². The molecule has 1 aliphatic rings. The highest BCUT2D eigenvalue weighted by molar-refractivity contribution is 5.62. The van der Waals surface area contributed by atoms with Crippen molar-refractivity contribution in [1.82, 2.24) is 0 Å². The van der Waals surface area contributed by atoms with E-state index in [2.05, 4.69) is 47.0 Å². The second kappa shape index (κ2) is 10.3. The van der Waals surface area contributed by atoms with E-state index in [1.807, 2.05) is 18.2 Å². The van der Waals surface area contributed by atoms with Crippen molar-refractivity contribution in [3.63, 3.8) is 0 Å². The molecule has 1 saturated carbocycles. The Bertz CT molecular complexity index is 786. The monoisotopic (exact) mass is 374 g/mol. The van der Waals surface area contributed by atoms with E-state index in [1.54, 1.807) is 24.3 Å². The van der Waals surface area contributed by atoms with Crippen LogP contribution in [0, 0.1) is 0 Å². The molecule has 146 valence electrons. The van der Waals surface area contributed by atoms with E-state index in [0.717, 1.165) is 22.7 Å². The normalized spacial score (nSPS) is 13.9. The van der Waals surface area contributed by atoms with Gasteiger partial charge in [-0.2, -0.15) is 0 Å². The van der Waals surface area contributed by atoms with Gasteiger partial charge in [0, 0.05) is 34.5 Å². The predicted octanol–water partition coefficient (Wildman–Crippen LogP) is 6.03. The third-order valence-electron chi connectivity index (χ3n) is 4.86. The van der Waals surface area contributed by atoms with Gasteiger partial charge in [0.1, 0.15) is 0 Å². The topological polar surface area (TPSA) is 76.1 Å². The van der Waals surface area contributed by atoms with Gasteiger partial charge in [0.25, 0.3) is 0 Å². The molecule has 0 saturated heterocycles. The molecule has 4 nitrogen and oxygen atoms in total. The summed E-state index contributed by atoms with van der Waals surface area (Å²) in [5.74, 6) is 0. The molecule has 0 aromatic heterocycles.